The van der Waals surface area contributed by atoms with Crippen LogP contribution in [-0.2, 0) is 17.8 Å². The number of hydrogen-bond acceptors (Lipinski definition) is 6. The number of nitrogens with zero attached hydrogens (tertiary/aromatic N) is 4. The quantitative estimate of drug-likeness (QED) is 0.674. The molecule has 0 atom stereocenters. The molecule has 0 radical (unpaired) electrons. The molecule has 8 heteroatoms. The van der Waals surface area contributed by atoms with Gasteiger partial charge in [-0.2, -0.15) is 0 Å². The summed E-state index contributed by atoms with van der Waals surface area (Å²) in [5.41, 5.74) is 5.44. The van der Waals surface area contributed by atoms with Crippen LogP contribution in [0.3, 0.4) is 0 Å². The van der Waals surface area contributed by atoms with E-state index in [-0.39, 0.29) is 18.4 Å². The molecule has 0 fully saturated rings. The summed E-state index contributed by atoms with van der Waals surface area (Å²) in [6.07, 6.45) is 3.24. The summed E-state index contributed by atoms with van der Waals surface area (Å²) in [5, 5.41) is 13.2. The van der Waals surface area contributed by atoms with Gasteiger partial charge in [0.15, 0.2) is 0 Å². The van der Waals surface area contributed by atoms with Gasteiger partial charge in [0.2, 0.25) is 11.9 Å². The highest BCUT2D eigenvalue weighted by Gasteiger charge is 2.07. The first-order chi connectivity index (χ1) is 8.75. The van der Waals surface area contributed by atoms with E-state index >= 15 is 0 Å². The van der Waals surface area contributed by atoms with E-state index in [0.717, 1.165) is 18.6 Å². The molecule has 2 aromatic heterocycles. The SMILES string of the molecule is Nc1nnnn1CC(=O)NCCCc1ccco1. The molecule has 0 aliphatic rings. The monoisotopic (exact) mass is 250 g/mol. The number of nitrogen functional groups attached to an aromatic ring is 1. The van der Waals surface area contributed by atoms with Crippen LogP contribution in [0.5, 0.6) is 0 Å². The Morgan fingerprint density at radius 2 is 2.44 bits per heavy atom. The maximum Gasteiger partial charge on any atom is 0.241 e. The molecular formula is C10H14N6O2. The van der Waals surface area contributed by atoms with Crippen LogP contribution in [0.15, 0.2) is 22.8 Å². The molecule has 0 saturated carbocycles. The molecule has 0 aromatic carbocycles. The van der Waals surface area contributed by atoms with Crippen molar-refractivity contribution in [3.63, 3.8) is 0 Å². The first kappa shape index (κ1) is 12.1. The van der Waals surface area contributed by atoms with Crippen LogP contribution in [0, 0.1) is 0 Å². The Hall–Kier alpha value is -2.38. The molecule has 96 valence electrons. The van der Waals surface area contributed by atoms with Gasteiger partial charge in [-0.05, 0) is 29.0 Å². The van der Waals surface area contributed by atoms with Crippen molar-refractivity contribution in [1.29, 1.82) is 0 Å². The van der Waals surface area contributed by atoms with E-state index in [9.17, 15) is 4.79 Å². The van der Waals surface area contributed by atoms with Crippen molar-refractivity contribution in [1.82, 2.24) is 25.5 Å². The van der Waals surface area contributed by atoms with Crippen molar-refractivity contribution >= 4 is 11.9 Å². The zero-order chi connectivity index (χ0) is 12.8. The van der Waals surface area contributed by atoms with Gasteiger partial charge in [-0.3, -0.25) is 4.79 Å². The van der Waals surface area contributed by atoms with Gasteiger partial charge in [-0.15, -0.1) is 0 Å². The zero-order valence-electron chi connectivity index (χ0n) is 9.74. The highest BCUT2D eigenvalue weighted by Crippen LogP contribution is 2.02. The van der Waals surface area contributed by atoms with E-state index < -0.39 is 0 Å². The summed E-state index contributed by atoms with van der Waals surface area (Å²) in [6, 6.07) is 3.75. The fourth-order valence-electron chi connectivity index (χ4n) is 1.46. The number of nitrogens with one attached hydrogen (secondary N) is 1. The number of carbonyl (C=O) groups excluding carboxylic acids is 1. The summed E-state index contributed by atoms with van der Waals surface area (Å²) in [6.45, 7) is 0.598. The summed E-state index contributed by atoms with van der Waals surface area (Å²) in [4.78, 5) is 11.5. The standard InChI is InChI=1S/C10H14N6O2/c11-10-13-14-15-16(10)7-9(17)12-5-1-3-8-4-2-6-18-8/h2,4,6H,1,3,5,7H2,(H,12,17)(H2,11,13,15). The van der Waals surface area contributed by atoms with E-state index in [2.05, 4.69) is 20.8 Å². The van der Waals surface area contributed by atoms with Crippen LogP contribution in [0.25, 0.3) is 0 Å². The fraction of sp³-hybridized carbons (Fsp3) is 0.400. The molecule has 0 spiro atoms. The Morgan fingerprint density at radius 3 is 3.11 bits per heavy atom. The number of anilines is 1. The highest BCUT2D eigenvalue weighted by molar-refractivity contribution is 5.75. The largest absolute Gasteiger partial charge is 0.469 e. The number of tetrazole rings is 1. The molecular weight excluding hydrogens is 236 g/mol. The minimum atomic E-state index is -0.173. The number of rotatable bonds is 6. The molecule has 0 unspecified atom stereocenters. The van der Waals surface area contributed by atoms with Crippen molar-refractivity contribution < 1.29 is 9.21 Å². The van der Waals surface area contributed by atoms with E-state index in [1.54, 1.807) is 6.26 Å². The number of furan rings is 1. The van der Waals surface area contributed by atoms with Gasteiger partial charge in [0.25, 0.3) is 0 Å². The third-order valence-electron chi connectivity index (χ3n) is 2.36. The van der Waals surface area contributed by atoms with Crippen molar-refractivity contribution in [2.75, 3.05) is 12.3 Å². The Bertz CT molecular complexity index is 492. The lowest BCUT2D eigenvalue weighted by Gasteiger charge is -2.04. The molecule has 0 aliphatic heterocycles. The van der Waals surface area contributed by atoms with Crippen LogP contribution >= 0.6 is 0 Å². The molecule has 8 nitrogen and oxygen atoms in total. The van der Waals surface area contributed by atoms with E-state index in [4.69, 9.17) is 10.2 Å². The lowest BCUT2D eigenvalue weighted by atomic mass is 10.2. The van der Waals surface area contributed by atoms with Gasteiger partial charge in [0, 0.05) is 13.0 Å². The van der Waals surface area contributed by atoms with Gasteiger partial charge in [-0.1, -0.05) is 5.10 Å². The maximum absolute atomic E-state index is 11.5. The second-order valence-electron chi connectivity index (χ2n) is 3.73. The molecule has 18 heavy (non-hydrogen) atoms. The van der Waals surface area contributed by atoms with Crippen molar-refractivity contribution in [3.05, 3.63) is 24.2 Å². The van der Waals surface area contributed by atoms with E-state index in [0.29, 0.717) is 6.54 Å². The molecule has 2 rings (SSSR count). The van der Waals surface area contributed by atoms with Gasteiger partial charge in [0.05, 0.1) is 6.26 Å². The minimum Gasteiger partial charge on any atom is -0.469 e. The summed E-state index contributed by atoms with van der Waals surface area (Å²) < 4.78 is 6.42. The summed E-state index contributed by atoms with van der Waals surface area (Å²) >= 11 is 0. The van der Waals surface area contributed by atoms with Gasteiger partial charge in [0.1, 0.15) is 12.3 Å². The Morgan fingerprint density at radius 1 is 1.56 bits per heavy atom. The predicted octanol–water partition coefficient (Wildman–Crippen LogP) is -0.403. The number of hydrogen-bond donors (Lipinski definition) is 2. The normalized spacial score (nSPS) is 10.4. The van der Waals surface area contributed by atoms with Crippen molar-refractivity contribution in [2.24, 2.45) is 0 Å². The lowest BCUT2D eigenvalue weighted by molar-refractivity contribution is -0.121. The number of aryl methyl sites for hydroxylation is 1. The van der Waals surface area contributed by atoms with Crippen molar-refractivity contribution in [2.45, 2.75) is 19.4 Å². The van der Waals surface area contributed by atoms with Crippen LogP contribution in [0.2, 0.25) is 0 Å². The molecule has 0 bridgehead atoms. The molecule has 0 saturated heterocycles. The Kier molecular flexibility index (Phi) is 3.90. The molecule has 2 heterocycles. The summed E-state index contributed by atoms with van der Waals surface area (Å²) in [5.74, 6) is 0.864. The highest BCUT2D eigenvalue weighted by atomic mass is 16.3. The van der Waals surface area contributed by atoms with Crippen LogP contribution in [0.1, 0.15) is 12.2 Å². The fourth-order valence-corrected chi connectivity index (χ4v) is 1.46. The third-order valence-corrected chi connectivity index (χ3v) is 2.36. The number of carbonyl (C=O) groups is 1. The first-order valence-electron chi connectivity index (χ1n) is 5.56. The van der Waals surface area contributed by atoms with Gasteiger partial charge < -0.3 is 15.5 Å². The second kappa shape index (κ2) is 5.80. The third kappa shape index (κ3) is 3.30. The average Bonchev–Trinajstić information content (AvgIpc) is 2.98. The first-order valence-corrected chi connectivity index (χ1v) is 5.56. The predicted molar refractivity (Wildman–Crippen MR) is 62.3 cm³/mol. The van der Waals surface area contributed by atoms with Crippen LogP contribution in [-0.4, -0.2) is 32.7 Å². The number of aromatic nitrogens is 4. The molecule has 1 amide bonds. The van der Waals surface area contributed by atoms with E-state index in [1.165, 1.54) is 4.68 Å². The average molecular weight is 250 g/mol. The molecule has 0 aliphatic carbocycles. The second-order valence-corrected chi connectivity index (χ2v) is 3.73. The van der Waals surface area contributed by atoms with Crippen LogP contribution < -0.4 is 11.1 Å². The zero-order valence-corrected chi connectivity index (χ0v) is 9.74. The van der Waals surface area contributed by atoms with E-state index in [1.807, 2.05) is 12.1 Å². The van der Waals surface area contributed by atoms with Gasteiger partial charge in [-0.25, -0.2) is 4.68 Å². The van der Waals surface area contributed by atoms with Crippen molar-refractivity contribution in [3.8, 4) is 0 Å². The number of amides is 1. The topological polar surface area (TPSA) is 112 Å². The summed E-state index contributed by atoms with van der Waals surface area (Å²) in [7, 11) is 0. The maximum atomic E-state index is 11.5. The Labute approximate surface area is 103 Å². The van der Waals surface area contributed by atoms with Crippen LogP contribution in [0.4, 0.5) is 5.95 Å². The Balaban J connectivity index is 1.65. The smallest absolute Gasteiger partial charge is 0.241 e. The lowest BCUT2D eigenvalue weighted by Crippen LogP contribution is -2.29. The molecule has 2 aromatic rings. The molecule has 3 N–H and O–H groups in total. The number of nitrogens with two attached hydrogens (primary N) is 1. The minimum absolute atomic E-state index is 0.0274. The van der Waals surface area contributed by atoms with Gasteiger partial charge >= 0.3 is 0 Å².